The van der Waals surface area contributed by atoms with Crippen molar-refractivity contribution in [2.45, 2.75) is 33.3 Å². The number of rotatable bonds is 0. The van der Waals surface area contributed by atoms with E-state index < -0.39 is 0 Å². The van der Waals surface area contributed by atoms with Crippen molar-refractivity contribution in [2.24, 2.45) is 0 Å². The predicted molar refractivity (Wildman–Crippen MR) is 38.4 cm³/mol. The molecular formula is C8H14O. The van der Waals surface area contributed by atoms with Crippen molar-refractivity contribution in [1.82, 2.24) is 0 Å². The van der Waals surface area contributed by atoms with Gasteiger partial charge in [-0.3, -0.25) is 0 Å². The van der Waals surface area contributed by atoms with Crippen LogP contribution < -0.4 is 0 Å². The van der Waals surface area contributed by atoms with Crippen LogP contribution in [0.25, 0.3) is 0 Å². The SMILES string of the molecule is CC1=C(C)C[C@H](C)OC1. The van der Waals surface area contributed by atoms with Crippen LogP contribution in [-0.4, -0.2) is 12.7 Å². The molecule has 0 aromatic heterocycles. The number of ether oxygens (including phenoxy) is 1. The van der Waals surface area contributed by atoms with Crippen LogP contribution >= 0.6 is 0 Å². The van der Waals surface area contributed by atoms with E-state index in [4.69, 9.17) is 4.74 Å². The molecular weight excluding hydrogens is 112 g/mol. The third-order valence-corrected chi connectivity index (χ3v) is 1.91. The van der Waals surface area contributed by atoms with Crippen LogP contribution in [0.3, 0.4) is 0 Å². The van der Waals surface area contributed by atoms with Crippen LogP contribution in [0.2, 0.25) is 0 Å². The van der Waals surface area contributed by atoms with Crippen molar-refractivity contribution in [3.8, 4) is 0 Å². The molecule has 1 aliphatic rings. The lowest BCUT2D eigenvalue weighted by Gasteiger charge is -2.21. The monoisotopic (exact) mass is 126 g/mol. The van der Waals surface area contributed by atoms with Crippen molar-refractivity contribution in [2.75, 3.05) is 6.61 Å². The lowest BCUT2D eigenvalue weighted by atomic mass is 10.0. The summed E-state index contributed by atoms with van der Waals surface area (Å²) in [5.74, 6) is 0. The van der Waals surface area contributed by atoms with Gasteiger partial charge in [0.05, 0.1) is 12.7 Å². The molecule has 0 saturated heterocycles. The minimum atomic E-state index is 0.439. The van der Waals surface area contributed by atoms with Crippen LogP contribution in [0.4, 0.5) is 0 Å². The predicted octanol–water partition coefficient (Wildman–Crippen LogP) is 2.13. The highest BCUT2D eigenvalue weighted by Gasteiger charge is 2.11. The second kappa shape index (κ2) is 2.53. The van der Waals surface area contributed by atoms with E-state index in [0.29, 0.717) is 6.10 Å². The fourth-order valence-corrected chi connectivity index (χ4v) is 1.05. The first-order valence-electron chi connectivity index (χ1n) is 3.47. The fraction of sp³-hybridized carbons (Fsp3) is 0.750. The first kappa shape index (κ1) is 6.81. The highest BCUT2D eigenvalue weighted by molar-refractivity contribution is 5.12. The lowest BCUT2D eigenvalue weighted by molar-refractivity contribution is 0.0719. The summed E-state index contributed by atoms with van der Waals surface area (Å²) in [6.07, 6.45) is 1.56. The number of hydrogen-bond acceptors (Lipinski definition) is 1. The Bertz CT molecular complexity index is 136. The van der Waals surface area contributed by atoms with E-state index in [2.05, 4.69) is 20.8 Å². The fourth-order valence-electron chi connectivity index (χ4n) is 1.05. The minimum Gasteiger partial charge on any atom is -0.374 e. The topological polar surface area (TPSA) is 9.23 Å². The maximum absolute atomic E-state index is 5.40. The molecule has 0 radical (unpaired) electrons. The maximum Gasteiger partial charge on any atom is 0.0680 e. The Balaban J connectivity index is 2.61. The van der Waals surface area contributed by atoms with Gasteiger partial charge >= 0.3 is 0 Å². The van der Waals surface area contributed by atoms with Gasteiger partial charge in [-0.2, -0.15) is 0 Å². The second-order valence-electron chi connectivity index (χ2n) is 2.89. The Morgan fingerprint density at radius 2 is 2.00 bits per heavy atom. The lowest BCUT2D eigenvalue weighted by Crippen LogP contribution is -2.16. The van der Waals surface area contributed by atoms with Crippen molar-refractivity contribution < 1.29 is 4.74 Å². The van der Waals surface area contributed by atoms with Gasteiger partial charge in [-0.25, -0.2) is 0 Å². The molecule has 1 nitrogen and oxygen atoms in total. The first-order valence-corrected chi connectivity index (χ1v) is 3.47. The summed E-state index contributed by atoms with van der Waals surface area (Å²) in [5.41, 5.74) is 2.92. The molecule has 9 heavy (non-hydrogen) atoms. The maximum atomic E-state index is 5.40. The molecule has 0 N–H and O–H groups in total. The highest BCUT2D eigenvalue weighted by Crippen LogP contribution is 2.18. The Kier molecular flexibility index (Phi) is 1.91. The molecule has 52 valence electrons. The van der Waals surface area contributed by atoms with Gasteiger partial charge in [0.2, 0.25) is 0 Å². The van der Waals surface area contributed by atoms with E-state index in [-0.39, 0.29) is 0 Å². The summed E-state index contributed by atoms with van der Waals surface area (Å²) in [6, 6.07) is 0. The molecule has 0 bridgehead atoms. The molecule has 1 heteroatoms. The smallest absolute Gasteiger partial charge is 0.0680 e. The van der Waals surface area contributed by atoms with Crippen LogP contribution in [0.15, 0.2) is 11.1 Å². The quantitative estimate of drug-likeness (QED) is 0.452. The van der Waals surface area contributed by atoms with Gasteiger partial charge in [-0.05, 0) is 32.8 Å². The summed E-state index contributed by atoms with van der Waals surface area (Å²) in [4.78, 5) is 0. The largest absolute Gasteiger partial charge is 0.374 e. The van der Waals surface area contributed by atoms with Crippen molar-refractivity contribution in [1.29, 1.82) is 0 Å². The standard InChI is InChI=1S/C8H14O/c1-6-4-8(3)9-5-7(6)2/h8H,4-5H2,1-3H3/t8-/m0/s1. The van der Waals surface area contributed by atoms with Gasteiger partial charge in [0.25, 0.3) is 0 Å². The second-order valence-corrected chi connectivity index (χ2v) is 2.89. The van der Waals surface area contributed by atoms with Gasteiger partial charge < -0.3 is 4.74 Å². The minimum absolute atomic E-state index is 0.439. The van der Waals surface area contributed by atoms with E-state index in [1.807, 2.05) is 0 Å². The van der Waals surface area contributed by atoms with Gasteiger partial charge in [0.15, 0.2) is 0 Å². The molecule has 1 atom stereocenters. The van der Waals surface area contributed by atoms with Gasteiger partial charge in [-0.1, -0.05) is 5.57 Å². The molecule has 1 rings (SSSR count). The Hall–Kier alpha value is -0.300. The third-order valence-electron chi connectivity index (χ3n) is 1.91. The van der Waals surface area contributed by atoms with E-state index in [0.717, 1.165) is 13.0 Å². The summed E-state index contributed by atoms with van der Waals surface area (Å²) in [5, 5.41) is 0. The van der Waals surface area contributed by atoms with Crippen molar-refractivity contribution in [3.63, 3.8) is 0 Å². The van der Waals surface area contributed by atoms with Crippen LogP contribution in [0, 0.1) is 0 Å². The highest BCUT2D eigenvalue weighted by atomic mass is 16.5. The van der Waals surface area contributed by atoms with Gasteiger partial charge in [-0.15, -0.1) is 0 Å². The summed E-state index contributed by atoms with van der Waals surface area (Å²) >= 11 is 0. The third kappa shape index (κ3) is 1.55. The normalized spacial score (nSPS) is 29.0. The molecule has 0 unspecified atom stereocenters. The first-order chi connectivity index (χ1) is 4.20. The summed E-state index contributed by atoms with van der Waals surface area (Å²) in [7, 11) is 0. The zero-order chi connectivity index (χ0) is 6.85. The molecule has 0 aromatic carbocycles. The Labute approximate surface area is 56.7 Å². The van der Waals surface area contributed by atoms with Crippen LogP contribution in [0.5, 0.6) is 0 Å². The van der Waals surface area contributed by atoms with Gasteiger partial charge in [0, 0.05) is 0 Å². The average molecular weight is 126 g/mol. The molecule has 1 heterocycles. The van der Waals surface area contributed by atoms with Gasteiger partial charge in [0.1, 0.15) is 0 Å². The Morgan fingerprint density at radius 3 is 2.44 bits per heavy atom. The van der Waals surface area contributed by atoms with Crippen molar-refractivity contribution >= 4 is 0 Å². The average Bonchev–Trinajstić information content (AvgIpc) is 1.80. The molecule has 0 aromatic rings. The summed E-state index contributed by atoms with van der Waals surface area (Å²) in [6.45, 7) is 7.29. The van der Waals surface area contributed by atoms with E-state index in [9.17, 15) is 0 Å². The van der Waals surface area contributed by atoms with E-state index in [1.165, 1.54) is 11.1 Å². The summed E-state index contributed by atoms with van der Waals surface area (Å²) < 4.78 is 5.40. The molecule has 0 saturated carbocycles. The number of hydrogen-bond donors (Lipinski definition) is 0. The molecule has 1 aliphatic heterocycles. The molecule has 0 aliphatic carbocycles. The zero-order valence-electron chi connectivity index (χ0n) is 6.40. The van der Waals surface area contributed by atoms with E-state index in [1.54, 1.807) is 0 Å². The molecule has 0 amide bonds. The van der Waals surface area contributed by atoms with Crippen molar-refractivity contribution in [3.05, 3.63) is 11.1 Å². The molecule has 0 spiro atoms. The Morgan fingerprint density at radius 1 is 1.33 bits per heavy atom. The zero-order valence-corrected chi connectivity index (χ0v) is 6.40. The van der Waals surface area contributed by atoms with E-state index >= 15 is 0 Å². The van der Waals surface area contributed by atoms with Crippen LogP contribution in [-0.2, 0) is 4.74 Å². The molecule has 0 fully saturated rings. The van der Waals surface area contributed by atoms with Crippen LogP contribution in [0.1, 0.15) is 27.2 Å².